The summed E-state index contributed by atoms with van der Waals surface area (Å²) in [7, 11) is -3.47. The summed E-state index contributed by atoms with van der Waals surface area (Å²) in [6, 6.07) is 5.86. The van der Waals surface area contributed by atoms with Gasteiger partial charge in [0.25, 0.3) is 0 Å². The molecule has 1 saturated heterocycles. The Kier molecular flexibility index (Phi) is 3.14. The van der Waals surface area contributed by atoms with Crippen molar-refractivity contribution >= 4 is 10.0 Å². The number of rotatable bonds is 2. The van der Waals surface area contributed by atoms with Crippen molar-refractivity contribution in [2.45, 2.75) is 31.2 Å². The Morgan fingerprint density at radius 3 is 2.59 bits per heavy atom. The number of phenolic OH excluding ortho intramolecular Hbond substituents is 1. The fourth-order valence-corrected chi connectivity index (χ4v) is 4.18. The van der Waals surface area contributed by atoms with E-state index in [1.165, 1.54) is 22.5 Å². The lowest BCUT2D eigenvalue weighted by molar-refractivity contribution is 0.404. The van der Waals surface area contributed by atoms with Gasteiger partial charge in [-0.15, -0.1) is 0 Å². The second-order valence-electron chi connectivity index (χ2n) is 4.76. The first-order valence-electron chi connectivity index (χ1n) is 5.72. The van der Waals surface area contributed by atoms with Crippen LogP contribution >= 0.6 is 0 Å². The molecular weight excluding hydrogens is 238 g/mol. The Morgan fingerprint density at radius 2 is 2.06 bits per heavy atom. The van der Waals surface area contributed by atoms with Gasteiger partial charge >= 0.3 is 0 Å². The minimum absolute atomic E-state index is 0.0222. The lowest BCUT2D eigenvalue weighted by atomic mass is 10.1. The molecule has 2 unspecified atom stereocenters. The van der Waals surface area contributed by atoms with E-state index < -0.39 is 10.0 Å². The summed E-state index contributed by atoms with van der Waals surface area (Å²) in [6.07, 6.45) is 0.887. The summed E-state index contributed by atoms with van der Waals surface area (Å²) < 4.78 is 26.2. The van der Waals surface area contributed by atoms with Crippen LogP contribution in [0.2, 0.25) is 0 Å². The Morgan fingerprint density at radius 1 is 1.35 bits per heavy atom. The summed E-state index contributed by atoms with van der Waals surface area (Å²) in [5.74, 6) is 0.364. The van der Waals surface area contributed by atoms with Crippen LogP contribution in [0.5, 0.6) is 5.75 Å². The summed E-state index contributed by atoms with van der Waals surface area (Å²) in [4.78, 5) is 0.165. The SMILES string of the molecule is CC1CC(C)N(S(=O)(=O)c2cccc(O)c2)C1. The molecule has 1 aliphatic rings. The van der Waals surface area contributed by atoms with Crippen molar-refractivity contribution in [3.63, 3.8) is 0 Å². The summed E-state index contributed by atoms with van der Waals surface area (Å²) in [5, 5.41) is 9.35. The molecular formula is C12H17NO3S. The maximum absolute atomic E-state index is 12.4. The van der Waals surface area contributed by atoms with Gasteiger partial charge in [0, 0.05) is 12.6 Å². The van der Waals surface area contributed by atoms with Gasteiger partial charge in [-0.05, 0) is 37.5 Å². The van der Waals surface area contributed by atoms with E-state index >= 15 is 0 Å². The second-order valence-corrected chi connectivity index (χ2v) is 6.65. The van der Waals surface area contributed by atoms with E-state index in [4.69, 9.17) is 0 Å². The molecule has 94 valence electrons. The van der Waals surface area contributed by atoms with Crippen molar-refractivity contribution in [3.05, 3.63) is 24.3 Å². The van der Waals surface area contributed by atoms with Crippen LogP contribution in [0.25, 0.3) is 0 Å². The number of hydrogen-bond donors (Lipinski definition) is 1. The minimum atomic E-state index is -3.47. The van der Waals surface area contributed by atoms with Gasteiger partial charge in [-0.3, -0.25) is 0 Å². The van der Waals surface area contributed by atoms with Gasteiger partial charge in [0.15, 0.2) is 0 Å². The van der Waals surface area contributed by atoms with Crippen molar-refractivity contribution in [3.8, 4) is 5.75 Å². The second kappa shape index (κ2) is 4.31. The lowest BCUT2D eigenvalue weighted by Gasteiger charge is -2.20. The van der Waals surface area contributed by atoms with E-state index in [9.17, 15) is 13.5 Å². The largest absolute Gasteiger partial charge is 0.508 e. The van der Waals surface area contributed by atoms with Crippen LogP contribution in [0.1, 0.15) is 20.3 Å². The first-order valence-corrected chi connectivity index (χ1v) is 7.16. The highest BCUT2D eigenvalue weighted by molar-refractivity contribution is 7.89. The third-order valence-electron chi connectivity index (χ3n) is 3.15. The normalized spacial score (nSPS) is 26.2. The van der Waals surface area contributed by atoms with Crippen LogP contribution in [0, 0.1) is 5.92 Å². The number of nitrogens with zero attached hydrogens (tertiary/aromatic N) is 1. The molecule has 2 rings (SSSR count). The number of benzene rings is 1. The molecule has 5 heteroatoms. The quantitative estimate of drug-likeness (QED) is 0.877. The van der Waals surface area contributed by atoms with Gasteiger partial charge in [-0.1, -0.05) is 13.0 Å². The molecule has 0 spiro atoms. The van der Waals surface area contributed by atoms with Crippen molar-refractivity contribution in [2.24, 2.45) is 5.92 Å². The van der Waals surface area contributed by atoms with Crippen molar-refractivity contribution in [1.29, 1.82) is 0 Å². The fraction of sp³-hybridized carbons (Fsp3) is 0.500. The average molecular weight is 255 g/mol. The van der Waals surface area contributed by atoms with E-state index in [0.717, 1.165) is 6.42 Å². The highest BCUT2D eigenvalue weighted by Crippen LogP contribution is 2.29. The average Bonchev–Trinajstić information content (AvgIpc) is 2.58. The zero-order valence-corrected chi connectivity index (χ0v) is 10.8. The van der Waals surface area contributed by atoms with E-state index in [1.54, 1.807) is 6.07 Å². The van der Waals surface area contributed by atoms with Crippen LogP contribution in [-0.2, 0) is 10.0 Å². The van der Waals surface area contributed by atoms with Gasteiger partial charge in [0.2, 0.25) is 10.0 Å². The highest BCUT2D eigenvalue weighted by atomic mass is 32.2. The van der Waals surface area contributed by atoms with Crippen molar-refractivity contribution < 1.29 is 13.5 Å². The molecule has 1 heterocycles. The Hall–Kier alpha value is -1.07. The molecule has 1 aliphatic heterocycles. The zero-order chi connectivity index (χ0) is 12.6. The van der Waals surface area contributed by atoms with Gasteiger partial charge in [-0.2, -0.15) is 4.31 Å². The van der Waals surface area contributed by atoms with Gasteiger partial charge in [0.1, 0.15) is 5.75 Å². The van der Waals surface area contributed by atoms with Crippen LogP contribution in [0.15, 0.2) is 29.2 Å². The minimum Gasteiger partial charge on any atom is -0.508 e. The number of sulfonamides is 1. The van der Waals surface area contributed by atoms with E-state index in [-0.39, 0.29) is 16.7 Å². The molecule has 1 aromatic carbocycles. The van der Waals surface area contributed by atoms with Gasteiger partial charge in [-0.25, -0.2) is 8.42 Å². The zero-order valence-electron chi connectivity index (χ0n) is 10.00. The Balaban J connectivity index is 2.37. The lowest BCUT2D eigenvalue weighted by Crippen LogP contribution is -2.33. The highest BCUT2D eigenvalue weighted by Gasteiger charge is 2.36. The van der Waals surface area contributed by atoms with Gasteiger partial charge in [0.05, 0.1) is 4.90 Å². The molecule has 4 nitrogen and oxygen atoms in total. The van der Waals surface area contributed by atoms with Crippen molar-refractivity contribution in [2.75, 3.05) is 6.54 Å². The first kappa shape index (κ1) is 12.4. The molecule has 1 fully saturated rings. The Labute approximate surface area is 102 Å². The molecule has 0 aromatic heterocycles. The fourth-order valence-electron chi connectivity index (χ4n) is 2.38. The number of aromatic hydroxyl groups is 1. The molecule has 0 bridgehead atoms. The standard InChI is InChI=1S/C12H17NO3S/c1-9-6-10(2)13(8-9)17(15,16)12-5-3-4-11(14)7-12/h3-5,7,9-10,14H,6,8H2,1-2H3. The topological polar surface area (TPSA) is 57.6 Å². The third kappa shape index (κ3) is 2.30. The van der Waals surface area contributed by atoms with E-state index in [0.29, 0.717) is 12.5 Å². The molecule has 17 heavy (non-hydrogen) atoms. The molecule has 1 N–H and O–H groups in total. The number of phenols is 1. The smallest absolute Gasteiger partial charge is 0.243 e. The maximum atomic E-state index is 12.4. The molecule has 0 radical (unpaired) electrons. The molecule has 2 atom stereocenters. The van der Waals surface area contributed by atoms with E-state index in [1.807, 2.05) is 6.92 Å². The predicted molar refractivity (Wildman–Crippen MR) is 65.2 cm³/mol. The molecule has 0 aliphatic carbocycles. The van der Waals surface area contributed by atoms with Crippen LogP contribution in [-0.4, -0.2) is 30.4 Å². The Bertz CT molecular complexity index is 512. The molecule has 0 saturated carbocycles. The first-order chi connectivity index (χ1) is 7.91. The molecule has 0 amide bonds. The van der Waals surface area contributed by atoms with Gasteiger partial charge < -0.3 is 5.11 Å². The number of hydrogen-bond acceptors (Lipinski definition) is 3. The van der Waals surface area contributed by atoms with Crippen molar-refractivity contribution in [1.82, 2.24) is 4.31 Å². The summed E-state index contributed by atoms with van der Waals surface area (Å²) >= 11 is 0. The third-order valence-corrected chi connectivity index (χ3v) is 5.13. The summed E-state index contributed by atoms with van der Waals surface area (Å²) in [6.45, 7) is 4.53. The maximum Gasteiger partial charge on any atom is 0.243 e. The predicted octanol–water partition coefficient (Wildman–Crippen LogP) is 1.81. The summed E-state index contributed by atoms with van der Waals surface area (Å²) in [5.41, 5.74) is 0. The van der Waals surface area contributed by atoms with E-state index in [2.05, 4.69) is 6.92 Å². The monoisotopic (exact) mass is 255 g/mol. The van der Waals surface area contributed by atoms with Crippen LogP contribution < -0.4 is 0 Å². The van der Waals surface area contributed by atoms with Crippen LogP contribution in [0.3, 0.4) is 0 Å². The molecule has 1 aromatic rings. The van der Waals surface area contributed by atoms with Crippen LogP contribution in [0.4, 0.5) is 0 Å².